The largest absolute Gasteiger partial charge is 0.262 e. The molecule has 8 heteroatoms. The number of benzene rings is 1. The van der Waals surface area contributed by atoms with E-state index in [2.05, 4.69) is 19.9 Å². The van der Waals surface area contributed by atoms with E-state index in [1.54, 1.807) is 31.2 Å². The minimum atomic E-state index is -3.53. The summed E-state index contributed by atoms with van der Waals surface area (Å²) in [5.41, 5.74) is 0.988. The molecule has 0 aliphatic rings. The lowest BCUT2D eigenvalue weighted by molar-refractivity contribution is 0.559. The van der Waals surface area contributed by atoms with Gasteiger partial charge in [-0.3, -0.25) is 5.10 Å². The second-order valence-corrected chi connectivity index (χ2v) is 6.04. The highest BCUT2D eigenvalue weighted by atomic mass is 32.2. The summed E-state index contributed by atoms with van der Waals surface area (Å²) in [7, 11) is -3.53. The molecule has 1 heterocycles. The van der Waals surface area contributed by atoms with Crippen LogP contribution in [-0.4, -0.2) is 23.6 Å². The van der Waals surface area contributed by atoms with Gasteiger partial charge in [-0.2, -0.15) is 10.4 Å². The monoisotopic (exact) mass is 291 g/mol. The van der Waals surface area contributed by atoms with E-state index in [0.717, 1.165) is 0 Å². The average molecular weight is 291 g/mol. The van der Waals surface area contributed by atoms with Crippen LogP contribution in [0.15, 0.2) is 30.6 Å². The van der Waals surface area contributed by atoms with Gasteiger partial charge in [-0.05, 0) is 24.6 Å². The highest BCUT2D eigenvalue weighted by molar-refractivity contribution is 7.88. The number of nitriles is 1. The molecule has 1 aromatic heterocycles. The van der Waals surface area contributed by atoms with E-state index in [4.69, 9.17) is 5.26 Å². The summed E-state index contributed by atoms with van der Waals surface area (Å²) < 4.78 is 26.6. The maximum absolute atomic E-state index is 12.0. The van der Waals surface area contributed by atoms with E-state index in [0.29, 0.717) is 17.0 Å². The third-order valence-corrected chi connectivity index (χ3v) is 4.04. The fraction of sp³-hybridized carbons (Fsp3) is 0.250. The normalized spacial score (nSPS) is 12.8. The van der Waals surface area contributed by atoms with Crippen LogP contribution in [0.2, 0.25) is 0 Å². The van der Waals surface area contributed by atoms with Crippen LogP contribution in [0.5, 0.6) is 0 Å². The van der Waals surface area contributed by atoms with Crippen LogP contribution in [0.25, 0.3) is 0 Å². The van der Waals surface area contributed by atoms with Crippen LogP contribution in [0.1, 0.15) is 29.9 Å². The molecule has 2 rings (SSSR count). The molecule has 20 heavy (non-hydrogen) atoms. The van der Waals surface area contributed by atoms with Gasteiger partial charge in [0.05, 0.1) is 23.4 Å². The van der Waals surface area contributed by atoms with Crippen LogP contribution >= 0.6 is 0 Å². The highest BCUT2D eigenvalue weighted by Crippen LogP contribution is 2.11. The Morgan fingerprint density at radius 1 is 1.50 bits per heavy atom. The van der Waals surface area contributed by atoms with Gasteiger partial charge < -0.3 is 0 Å². The standard InChI is InChI=1S/C12H13N5O2S/c1-9(12-14-8-15-16-12)17-20(18,19)7-11-4-2-3-10(5-11)6-13/h2-5,8-9,17H,7H2,1H3,(H,14,15,16). The lowest BCUT2D eigenvalue weighted by Gasteiger charge is -2.11. The molecule has 0 bridgehead atoms. The van der Waals surface area contributed by atoms with Crippen molar-refractivity contribution in [2.24, 2.45) is 0 Å². The van der Waals surface area contributed by atoms with Gasteiger partial charge >= 0.3 is 0 Å². The molecule has 0 aliphatic heterocycles. The number of hydrogen-bond donors (Lipinski definition) is 2. The zero-order valence-electron chi connectivity index (χ0n) is 10.7. The van der Waals surface area contributed by atoms with Crippen molar-refractivity contribution in [3.05, 3.63) is 47.5 Å². The lowest BCUT2D eigenvalue weighted by Crippen LogP contribution is -2.28. The summed E-state index contributed by atoms with van der Waals surface area (Å²) in [6, 6.07) is 7.98. The van der Waals surface area contributed by atoms with Gasteiger partial charge in [0.25, 0.3) is 0 Å². The Morgan fingerprint density at radius 3 is 2.95 bits per heavy atom. The maximum atomic E-state index is 12.0. The number of nitrogens with one attached hydrogen (secondary N) is 2. The molecule has 0 fully saturated rings. The van der Waals surface area contributed by atoms with Crippen molar-refractivity contribution in [3.8, 4) is 6.07 Å². The van der Waals surface area contributed by atoms with E-state index >= 15 is 0 Å². The average Bonchev–Trinajstić information content (AvgIpc) is 2.91. The quantitative estimate of drug-likeness (QED) is 0.848. The molecular weight excluding hydrogens is 278 g/mol. The number of nitrogens with zero attached hydrogens (tertiary/aromatic N) is 3. The molecule has 7 nitrogen and oxygen atoms in total. The molecule has 0 spiro atoms. The molecule has 104 valence electrons. The third kappa shape index (κ3) is 3.63. The first-order valence-corrected chi connectivity index (χ1v) is 7.50. The van der Waals surface area contributed by atoms with E-state index in [-0.39, 0.29) is 5.75 Å². The van der Waals surface area contributed by atoms with Gasteiger partial charge in [0.15, 0.2) is 0 Å². The van der Waals surface area contributed by atoms with Crippen LogP contribution in [-0.2, 0) is 15.8 Å². The van der Waals surface area contributed by atoms with Crippen molar-refractivity contribution in [2.75, 3.05) is 0 Å². The number of aromatic nitrogens is 3. The zero-order chi connectivity index (χ0) is 14.6. The van der Waals surface area contributed by atoms with Crippen LogP contribution in [0, 0.1) is 11.3 Å². The molecule has 2 aromatic rings. The molecule has 0 amide bonds. The topological polar surface area (TPSA) is 112 Å². The Hall–Kier alpha value is -2.24. The van der Waals surface area contributed by atoms with Crippen molar-refractivity contribution in [1.82, 2.24) is 19.9 Å². The zero-order valence-corrected chi connectivity index (χ0v) is 11.6. The molecule has 1 unspecified atom stereocenters. The Balaban J connectivity index is 2.09. The van der Waals surface area contributed by atoms with Gasteiger partial charge in [0, 0.05) is 0 Å². The van der Waals surface area contributed by atoms with E-state index in [9.17, 15) is 8.42 Å². The smallest absolute Gasteiger partial charge is 0.216 e. The molecule has 1 atom stereocenters. The Labute approximate surface area is 116 Å². The number of aromatic amines is 1. The molecule has 0 saturated carbocycles. The van der Waals surface area contributed by atoms with Crippen molar-refractivity contribution < 1.29 is 8.42 Å². The van der Waals surface area contributed by atoms with E-state index in [1.807, 2.05) is 6.07 Å². The first kappa shape index (κ1) is 14.2. The molecule has 1 aromatic carbocycles. The minimum absolute atomic E-state index is 0.193. The SMILES string of the molecule is CC(NS(=O)(=O)Cc1cccc(C#N)c1)c1ncn[nH]1. The summed E-state index contributed by atoms with van der Waals surface area (Å²) >= 11 is 0. The number of sulfonamides is 1. The van der Waals surface area contributed by atoms with Crippen molar-refractivity contribution in [1.29, 1.82) is 5.26 Å². The van der Waals surface area contributed by atoms with Crippen molar-refractivity contribution >= 4 is 10.0 Å². The highest BCUT2D eigenvalue weighted by Gasteiger charge is 2.18. The summed E-state index contributed by atoms with van der Waals surface area (Å²) in [5.74, 6) is 0.250. The Morgan fingerprint density at radius 2 is 2.30 bits per heavy atom. The van der Waals surface area contributed by atoms with Gasteiger partial charge in [0.2, 0.25) is 10.0 Å². The predicted octanol–water partition coefficient (Wildman–Crippen LogP) is 0.857. The van der Waals surface area contributed by atoms with Gasteiger partial charge in [0.1, 0.15) is 12.2 Å². The summed E-state index contributed by atoms with van der Waals surface area (Å²) in [4.78, 5) is 3.90. The van der Waals surface area contributed by atoms with Crippen molar-refractivity contribution in [3.63, 3.8) is 0 Å². The van der Waals surface area contributed by atoms with Gasteiger partial charge in [-0.25, -0.2) is 18.1 Å². The first-order chi connectivity index (χ1) is 9.50. The van der Waals surface area contributed by atoms with Crippen LogP contribution in [0.3, 0.4) is 0 Å². The van der Waals surface area contributed by atoms with Crippen molar-refractivity contribution in [2.45, 2.75) is 18.7 Å². The molecule has 0 radical (unpaired) electrons. The van der Waals surface area contributed by atoms with Crippen LogP contribution < -0.4 is 4.72 Å². The van der Waals surface area contributed by atoms with E-state index in [1.165, 1.54) is 6.33 Å². The molecule has 0 saturated heterocycles. The Bertz CT molecular complexity index is 719. The fourth-order valence-electron chi connectivity index (χ4n) is 1.74. The second kappa shape index (κ2) is 5.81. The molecule has 0 aliphatic carbocycles. The van der Waals surface area contributed by atoms with Gasteiger partial charge in [-0.1, -0.05) is 12.1 Å². The maximum Gasteiger partial charge on any atom is 0.216 e. The number of rotatable bonds is 5. The molecule has 2 N–H and O–H groups in total. The summed E-state index contributed by atoms with van der Waals surface area (Å²) in [6.45, 7) is 1.67. The fourth-order valence-corrected chi connectivity index (χ4v) is 3.09. The summed E-state index contributed by atoms with van der Waals surface area (Å²) in [5, 5.41) is 15.1. The van der Waals surface area contributed by atoms with Crippen LogP contribution in [0.4, 0.5) is 0 Å². The minimum Gasteiger partial charge on any atom is -0.262 e. The first-order valence-electron chi connectivity index (χ1n) is 5.84. The second-order valence-electron chi connectivity index (χ2n) is 4.28. The number of hydrogen-bond acceptors (Lipinski definition) is 5. The summed E-state index contributed by atoms with van der Waals surface area (Å²) in [6.07, 6.45) is 1.32. The third-order valence-electron chi connectivity index (χ3n) is 2.61. The Kier molecular flexibility index (Phi) is 4.12. The molecular formula is C12H13N5O2S. The predicted molar refractivity (Wildman–Crippen MR) is 71.7 cm³/mol. The van der Waals surface area contributed by atoms with Gasteiger partial charge in [-0.15, -0.1) is 0 Å². The lowest BCUT2D eigenvalue weighted by atomic mass is 10.2. The van der Waals surface area contributed by atoms with E-state index < -0.39 is 16.1 Å². The number of H-pyrrole nitrogens is 1.